The second kappa shape index (κ2) is 11.4. The maximum atomic E-state index is 12.9. The summed E-state index contributed by atoms with van der Waals surface area (Å²) in [5, 5.41) is 14.4. The number of carbonyl (C=O) groups is 1. The van der Waals surface area contributed by atoms with Gasteiger partial charge >= 0.3 is 0 Å². The number of halogens is 1. The van der Waals surface area contributed by atoms with Crippen LogP contribution in [0.25, 0.3) is 16.8 Å². The number of hydrogen-bond donors (Lipinski definition) is 1. The van der Waals surface area contributed by atoms with Crippen LogP contribution in [0.15, 0.2) is 95.0 Å². The van der Waals surface area contributed by atoms with Gasteiger partial charge in [-0.1, -0.05) is 70.5 Å². The molecule has 0 heterocycles. The van der Waals surface area contributed by atoms with Crippen molar-refractivity contribution in [3.63, 3.8) is 0 Å². The van der Waals surface area contributed by atoms with E-state index in [0.29, 0.717) is 36.0 Å². The van der Waals surface area contributed by atoms with Gasteiger partial charge in [0.1, 0.15) is 18.2 Å². The standard InChI is InChI=1S/C29H23BrN2O3/c1-2-34-28-17-21(12-15-27(28)35-19-20-10-13-24(30)14-11-20)16-23(18-31)29(33)32-26-9-5-7-22-6-3-4-8-25(22)26/h3-17H,2,19H2,1H3,(H,32,33)/b23-16+. The van der Waals surface area contributed by atoms with Crippen LogP contribution in [0.3, 0.4) is 0 Å². The Balaban J connectivity index is 1.54. The van der Waals surface area contributed by atoms with Crippen molar-refractivity contribution in [2.45, 2.75) is 13.5 Å². The number of fused-ring (bicyclic) bond motifs is 1. The van der Waals surface area contributed by atoms with E-state index in [1.807, 2.05) is 79.7 Å². The Kier molecular flexibility index (Phi) is 7.81. The lowest BCUT2D eigenvalue weighted by molar-refractivity contribution is -0.112. The van der Waals surface area contributed by atoms with Crippen molar-refractivity contribution in [3.05, 3.63) is 106 Å². The fourth-order valence-electron chi connectivity index (χ4n) is 3.58. The van der Waals surface area contributed by atoms with Crippen LogP contribution in [0.1, 0.15) is 18.1 Å². The second-order valence-corrected chi connectivity index (χ2v) is 8.62. The van der Waals surface area contributed by atoms with Crippen LogP contribution in [-0.4, -0.2) is 12.5 Å². The molecule has 0 aromatic heterocycles. The molecule has 0 spiro atoms. The minimum absolute atomic E-state index is 0.0103. The van der Waals surface area contributed by atoms with E-state index in [2.05, 4.69) is 21.2 Å². The van der Waals surface area contributed by atoms with Gasteiger partial charge in [0.2, 0.25) is 0 Å². The number of carbonyl (C=O) groups excluding carboxylic acids is 1. The Morgan fingerprint density at radius 3 is 2.51 bits per heavy atom. The van der Waals surface area contributed by atoms with Gasteiger partial charge in [-0.2, -0.15) is 5.26 Å². The summed E-state index contributed by atoms with van der Waals surface area (Å²) in [6.45, 7) is 2.73. The van der Waals surface area contributed by atoms with E-state index in [-0.39, 0.29) is 5.57 Å². The lowest BCUT2D eigenvalue weighted by Gasteiger charge is -2.13. The molecule has 0 aliphatic carbocycles. The smallest absolute Gasteiger partial charge is 0.266 e. The SMILES string of the molecule is CCOc1cc(/C=C(\C#N)C(=O)Nc2cccc3ccccc23)ccc1OCc1ccc(Br)cc1. The molecule has 1 amide bonds. The van der Waals surface area contributed by atoms with Crippen LogP contribution in [0.5, 0.6) is 11.5 Å². The average Bonchev–Trinajstić information content (AvgIpc) is 2.88. The van der Waals surface area contributed by atoms with E-state index < -0.39 is 5.91 Å². The highest BCUT2D eigenvalue weighted by Gasteiger charge is 2.13. The van der Waals surface area contributed by atoms with Crippen molar-refractivity contribution >= 4 is 44.4 Å². The molecule has 4 aromatic rings. The molecule has 0 radical (unpaired) electrons. The molecule has 5 nitrogen and oxygen atoms in total. The average molecular weight is 527 g/mol. The quantitative estimate of drug-likeness (QED) is 0.196. The summed E-state index contributed by atoms with van der Waals surface area (Å²) >= 11 is 3.43. The van der Waals surface area contributed by atoms with Gasteiger partial charge in [0.25, 0.3) is 5.91 Å². The molecular formula is C29H23BrN2O3. The Bertz CT molecular complexity index is 1420. The molecule has 0 atom stereocenters. The van der Waals surface area contributed by atoms with Gasteiger partial charge in [0.15, 0.2) is 11.5 Å². The molecule has 0 aliphatic rings. The summed E-state index contributed by atoms with van der Waals surface area (Å²) in [5.74, 6) is 0.660. The number of ether oxygens (including phenoxy) is 2. The van der Waals surface area contributed by atoms with E-state index in [1.165, 1.54) is 0 Å². The summed E-state index contributed by atoms with van der Waals surface area (Å²) in [6.07, 6.45) is 1.54. The summed E-state index contributed by atoms with van der Waals surface area (Å²) in [6, 6.07) is 28.7. The van der Waals surface area contributed by atoms with Crippen LogP contribution in [0.4, 0.5) is 5.69 Å². The van der Waals surface area contributed by atoms with Gasteiger partial charge in [0, 0.05) is 15.5 Å². The van der Waals surface area contributed by atoms with Gasteiger partial charge < -0.3 is 14.8 Å². The molecule has 35 heavy (non-hydrogen) atoms. The lowest BCUT2D eigenvalue weighted by atomic mass is 10.1. The number of rotatable bonds is 8. The third-order valence-corrected chi connectivity index (χ3v) is 5.82. The molecule has 0 aliphatic heterocycles. The minimum atomic E-state index is -0.475. The van der Waals surface area contributed by atoms with Gasteiger partial charge in [0.05, 0.1) is 6.61 Å². The first-order chi connectivity index (χ1) is 17.1. The number of nitrogens with one attached hydrogen (secondary N) is 1. The second-order valence-electron chi connectivity index (χ2n) is 7.70. The molecule has 0 saturated heterocycles. The van der Waals surface area contributed by atoms with Crippen LogP contribution in [0.2, 0.25) is 0 Å². The number of anilines is 1. The van der Waals surface area contributed by atoms with Crippen molar-refractivity contribution in [3.8, 4) is 17.6 Å². The molecule has 0 fully saturated rings. The highest BCUT2D eigenvalue weighted by Crippen LogP contribution is 2.30. The predicted octanol–water partition coefficient (Wildman–Crippen LogP) is 7.13. The first kappa shape index (κ1) is 24.1. The van der Waals surface area contributed by atoms with E-state index in [0.717, 1.165) is 20.8 Å². The Hall–Kier alpha value is -4.08. The van der Waals surface area contributed by atoms with Crippen molar-refractivity contribution < 1.29 is 14.3 Å². The predicted molar refractivity (Wildman–Crippen MR) is 142 cm³/mol. The van der Waals surface area contributed by atoms with E-state index in [4.69, 9.17) is 9.47 Å². The number of nitriles is 1. The molecule has 4 rings (SSSR count). The van der Waals surface area contributed by atoms with Crippen molar-refractivity contribution in [2.24, 2.45) is 0 Å². The minimum Gasteiger partial charge on any atom is -0.490 e. The Morgan fingerprint density at radius 1 is 0.971 bits per heavy atom. The summed E-state index contributed by atoms with van der Waals surface area (Å²) in [4.78, 5) is 12.9. The van der Waals surface area contributed by atoms with Crippen LogP contribution in [0, 0.1) is 11.3 Å². The Morgan fingerprint density at radius 2 is 1.74 bits per heavy atom. The van der Waals surface area contributed by atoms with Gasteiger partial charge in [-0.3, -0.25) is 4.79 Å². The molecule has 0 unspecified atom stereocenters. The summed E-state index contributed by atoms with van der Waals surface area (Å²) in [5.41, 5.74) is 2.33. The first-order valence-corrected chi connectivity index (χ1v) is 11.9. The summed E-state index contributed by atoms with van der Waals surface area (Å²) < 4.78 is 12.7. The van der Waals surface area contributed by atoms with Crippen LogP contribution < -0.4 is 14.8 Å². The number of hydrogen-bond acceptors (Lipinski definition) is 4. The molecule has 0 saturated carbocycles. The Labute approximate surface area is 212 Å². The zero-order valence-corrected chi connectivity index (χ0v) is 20.7. The number of amides is 1. The highest BCUT2D eigenvalue weighted by molar-refractivity contribution is 9.10. The molecular weight excluding hydrogens is 504 g/mol. The van der Waals surface area contributed by atoms with Crippen LogP contribution in [-0.2, 0) is 11.4 Å². The first-order valence-electron chi connectivity index (χ1n) is 11.1. The molecule has 174 valence electrons. The molecule has 0 bridgehead atoms. The zero-order chi connectivity index (χ0) is 24.6. The van der Waals surface area contributed by atoms with Crippen molar-refractivity contribution in [2.75, 3.05) is 11.9 Å². The fraction of sp³-hybridized carbons (Fsp3) is 0.103. The highest BCUT2D eigenvalue weighted by atomic mass is 79.9. The number of benzene rings is 4. The van der Waals surface area contributed by atoms with E-state index in [9.17, 15) is 10.1 Å². The maximum Gasteiger partial charge on any atom is 0.266 e. The monoisotopic (exact) mass is 526 g/mol. The summed E-state index contributed by atoms with van der Waals surface area (Å²) in [7, 11) is 0. The van der Waals surface area contributed by atoms with Crippen LogP contribution >= 0.6 is 15.9 Å². The van der Waals surface area contributed by atoms with Gasteiger partial charge in [-0.25, -0.2) is 0 Å². The number of nitrogens with zero attached hydrogens (tertiary/aromatic N) is 1. The molecule has 6 heteroatoms. The van der Waals surface area contributed by atoms with Crippen molar-refractivity contribution in [1.29, 1.82) is 5.26 Å². The fourth-order valence-corrected chi connectivity index (χ4v) is 3.85. The molecule has 1 N–H and O–H groups in total. The third kappa shape index (κ3) is 6.08. The van der Waals surface area contributed by atoms with Crippen molar-refractivity contribution in [1.82, 2.24) is 0 Å². The topological polar surface area (TPSA) is 71.3 Å². The lowest BCUT2D eigenvalue weighted by Crippen LogP contribution is -2.13. The zero-order valence-electron chi connectivity index (χ0n) is 19.1. The normalized spacial score (nSPS) is 11.1. The molecule has 4 aromatic carbocycles. The van der Waals surface area contributed by atoms with E-state index in [1.54, 1.807) is 24.3 Å². The largest absolute Gasteiger partial charge is 0.490 e. The third-order valence-electron chi connectivity index (χ3n) is 5.29. The van der Waals surface area contributed by atoms with Gasteiger partial charge in [-0.05, 0) is 59.8 Å². The van der Waals surface area contributed by atoms with Gasteiger partial charge in [-0.15, -0.1) is 0 Å². The van der Waals surface area contributed by atoms with E-state index >= 15 is 0 Å². The maximum absolute atomic E-state index is 12.9.